The second kappa shape index (κ2) is 63.9. The van der Waals surface area contributed by atoms with Gasteiger partial charge >= 0.3 is 29.8 Å². The summed E-state index contributed by atoms with van der Waals surface area (Å²) in [5, 5.41) is 0. The predicted molar refractivity (Wildman–Crippen MR) is 410 cm³/mol. The van der Waals surface area contributed by atoms with Gasteiger partial charge in [0.05, 0.1) is 62.6 Å². The maximum atomic E-state index is 12.0. The molecule has 20 heteroatoms. The highest BCUT2D eigenvalue weighted by Crippen LogP contribution is 2.25. The van der Waals surface area contributed by atoms with E-state index in [0.717, 1.165) is 129 Å². The van der Waals surface area contributed by atoms with Crippen molar-refractivity contribution in [2.75, 3.05) is 98.5 Å². The van der Waals surface area contributed by atoms with Gasteiger partial charge in [-0.05, 0) is 64.7 Å². The summed E-state index contributed by atoms with van der Waals surface area (Å²) in [6, 6.07) is 0. The van der Waals surface area contributed by atoms with Gasteiger partial charge in [-0.2, -0.15) is 0 Å². The highest BCUT2D eigenvalue weighted by Gasteiger charge is 2.39. The first kappa shape index (κ1) is 95.7. The third-order valence-electron chi connectivity index (χ3n) is 19.8. The highest BCUT2D eigenvalue weighted by atomic mass is 16.5. The lowest BCUT2D eigenvalue weighted by Crippen LogP contribution is -2.27. The van der Waals surface area contributed by atoms with Gasteiger partial charge in [0.25, 0.3) is 0 Å². The van der Waals surface area contributed by atoms with E-state index in [-0.39, 0.29) is 89.0 Å². The van der Waals surface area contributed by atoms with Crippen LogP contribution in [-0.2, 0) is 71.6 Å². The van der Waals surface area contributed by atoms with Crippen LogP contribution >= 0.6 is 0 Å². The minimum absolute atomic E-state index is 0.0676. The van der Waals surface area contributed by atoms with Crippen LogP contribution in [0.3, 0.4) is 0 Å². The minimum atomic E-state index is -0.245. The van der Waals surface area contributed by atoms with Gasteiger partial charge in [0.1, 0.15) is 0 Å². The fourth-order valence-corrected chi connectivity index (χ4v) is 13.3. The summed E-state index contributed by atoms with van der Waals surface area (Å²) in [7, 11) is 0. The van der Waals surface area contributed by atoms with Gasteiger partial charge in [0.2, 0.25) is 29.5 Å². The van der Waals surface area contributed by atoms with Crippen molar-refractivity contribution in [3.05, 3.63) is 0 Å². The smallest absolute Gasteiger partial charge is 0.311 e. The molecule has 103 heavy (non-hydrogen) atoms. The van der Waals surface area contributed by atoms with Crippen molar-refractivity contribution in [1.82, 2.24) is 24.5 Å². The molecule has 5 saturated heterocycles. The second-order valence-corrected chi connectivity index (χ2v) is 29.4. The molecule has 0 aromatic rings. The van der Waals surface area contributed by atoms with Crippen molar-refractivity contribution in [3.63, 3.8) is 0 Å². The molecule has 0 saturated carbocycles. The number of amides is 5. The molecule has 598 valence electrons. The van der Waals surface area contributed by atoms with Gasteiger partial charge in [-0.15, -0.1) is 0 Å². The Kier molecular flexibility index (Phi) is 59.4. The number of unbranched alkanes of at least 4 members (excludes halogenated alkanes) is 29. The normalized spacial score (nSPS) is 18.4. The Hall–Kier alpha value is -5.30. The van der Waals surface area contributed by atoms with Gasteiger partial charge in [0, 0.05) is 97.6 Å². The first-order valence-corrected chi connectivity index (χ1v) is 42.2. The van der Waals surface area contributed by atoms with Gasteiger partial charge in [-0.1, -0.05) is 249 Å². The van der Waals surface area contributed by atoms with E-state index in [0.29, 0.717) is 104 Å². The summed E-state index contributed by atoms with van der Waals surface area (Å²) in [5.41, 5.74) is 0. The number of hydrogen-bond donors (Lipinski definition) is 0. The molecular formula is C83H151N5O15. The summed E-state index contributed by atoms with van der Waals surface area (Å²) in [4.78, 5) is 126. The Morgan fingerprint density at radius 3 is 0.670 bits per heavy atom. The van der Waals surface area contributed by atoms with E-state index in [9.17, 15) is 47.9 Å². The molecular weight excluding hydrogens is 1310 g/mol. The first-order chi connectivity index (χ1) is 49.9. The zero-order valence-corrected chi connectivity index (χ0v) is 67.3. The van der Waals surface area contributed by atoms with Crippen LogP contribution in [-0.4, -0.2) is 182 Å². The monoisotopic (exact) mass is 1460 g/mol. The standard InChI is InChI=1S/C24H45NO3.C20H37NO3.C14H25NO3.C13H23NO3.C12H21NO3/c1-3-5-6-7-8-9-10-11-12-13-14-15-16-17-18-25-21-22(20-23(25)26)24(27)28-19-4-2;1-3-5-6-7-8-9-10-11-12-13-14-21-17-18(16-19(21)22)20(23)24-15-4-2;1-3-5-7-9-18-14(17)12-10-13(16)15(11-12)8-6-4-2;1-3-5-6-8-17-13(16)11-9-12(15)14(10-11)7-4-2;1-3-5-6-7-16-12(15)10-8-11(14)13(4-2)9-10/h22H,3-21H2,1-2H3;18H,3-17H2,1-2H3;12H,3-11H2,1-2H3;11H,3-10H2,1-2H3;10H,3-9H2,1-2H3. The molecule has 0 aliphatic carbocycles. The molecule has 0 aromatic heterocycles. The molecule has 5 amide bonds. The zero-order valence-electron chi connectivity index (χ0n) is 67.3. The van der Waals surface area contributed by atoms with Crippen molar-refractivity contribution in [3.8, 4) is 0 Å². The Bertz CT molecular complexity index is 2270. The fourth-order valence-electron chi connectivity index (χ4n) is 13.3. The average molecular weight is 1460 g/mol. The summed E-state index contributed by atoms with van der Waals surface area (Å²) in [6.45, 7) is 29.8. The number of carbonyl (C=O) groups is 10. The van der Waals surface area contributed by atoms with Gasteiger partial charge in [0.15, 0.2) is 0 Å². The van der Waals surface area contributed by atoms with Crippen LogP contribution in [0.5, 0.6) is 0 Å². The van der Waals surface area contributed by atoms with Gasteiger partial charge in [-0.3, -0.25) is 47.9 Å². The number of ether oxygens (including phenoxy) is 5. The van der Waals surface area contributed by atoms with Crippen molar-refractivity contribution >= 4 is 59.4 Å². The molecule has 5 unspecified atom stereocenters. The molecule has 20 nitrogen and oxygen atoms in total. The Morgan fingerprint density at radius 1 is 0.233 bits per heavy atom. The summed E-state index contributed by atoms with van der Waals surface area (Å²) < 4.78 is 25.9. The molecule has 5 rings (SSSR count). The highest BCUT2D eigenvalue weighted by molar-refractivity contribution is 5.89. The van der Waals surface area contributed by atoms with Crippen LogP contribution < -0.4 is 0 Å². The topological polar surface area (TPSA) is 233 Å². The van der Waals surface area contributed by atoms with Crippen LogP contribution in [0, 0.1) is 29.6 Å². The van der Waals surface area contributed by atoms with Crippen LogP contribution in [0.1, 0.15) is 345 Å². The van der Waals surface area contributed by atoms with Crippen LogP contribution in [0.15, 0.2) is 0 Å². The van der Waals surface area contributed by atoms with Gasteiger partial charge < -0.3 is 48.2 Å². The number of carbonyl (C=O) groups excluding carboxylic acids is 10. The van der Waals surface area contributed by atoms with E-state index in [1.165, 1.54) is 141 Å². The Labute approximate surface area is 626 Å². The molecule has 5 fully saturated rings. The Morgan fingerprint density at radius 2 is 0.437 bits per heavy atom. The van der Waals surface area contributed by atoms with Crippen LogP contribution in [0.4, 0.5) is 0 Å². The number of esters is 5. The van der Waals surface area contributed by atoms with Crippen LogP contribution in [0.2, 0.25) is 0 Å². The lowest BCUT2D eigenvalue weighted by Gasteiger charge is -2.16. The minimum Gasteiger partial charge on any atom is -0.465 e. The van der Waals surface area contributed by atoms with Crippen molar-refractivity contribution in [2.24, 2.45) is 29.6 Å². The van der Waals surface area contributed by atoms with E-state index >= 15 is 0 Å². The average Bonchev–Trinajstić information content (AvgIpc) is 1.76. The summed E-state index contributed by atoms with van der Waals surface area (Å²) >= 11 is 0. The maximum Gasteiger partial charge on any atom is 0.311 e. The molecule has 5 aliphatic rings. The molecule has 0 radical (unpaired) electrons. The molecule has 5 atom stereocenters. The lowest BCUT2D eigenvalue weighted by atomic mass is 10.0. The number of hydrogen-bond acceptors (Lipinski definition) is 15. The third-order valence-corrected chi connectivity index (χ3v) is 19.8. The molecule has 0 N–H and O–H groups in total. The molecule has 0 bridgehead atoms. The zero-order chi connectivity index (χ0) is 76.1. The molecule has 0 aromatic carbocycles. The quantitative estimate of drug-likeness (QED) is 0.0313. The largest absolute Gasteiger partial charge is 0.465 e. The number of likely N-dealkylation sites (tertiary alicyclic amines) is 5. The molecule has 5 heterocycles. The van der Waals surface area contributed by atoms with E-state index in [1.54, 1.807) is 14.7 Å². The predicted octanol–water partition coefficient (Wildman–Crippen LogP) is 16.9. The van der Waals surface area contributed by atoms with E-state index in [4.69, 9.17) is 23.7 Å². The van der Waals surface area contributed by atoms with Crippen molar-refractivity contribution in [1.29, 1.82) is 0 Å². The maximum absolute atomic E-state index is 12.0. The first-order valence-electron chi connectivity index (χ1n) is 42.2. The SMILES string of the molecule is CCCCCCCCCCCCCCCCN1CC(C(=O)OCCC)CC1=O.CCCCCCCCCCCCN1CC(C(=O)OCCC)CC1=O.CCCCCOC(=O)C1CC(=O)N(CC)C1.CCCCCOC(=O)C1CC(=O)N(CCC)C1.CCCCCOC(=O)C1CC(=O)N(CCCC)C1. The second-order valence-electron chi connectivity index (χ2n) is 29.4. The number of rotatable bonds is 53. The lowest BCUT2D eigenvalue weighted by molar-refractivity contribution is -0.149. The summed E-state index contributed by atoms with van der Waals surface area (Å²) in [5.74, 6) is -1.73. The van der Waals surface area contributed by atoms with Crippen molar-refractivity contribution in [2.45, 2.75) is 345 Å². The third kappa shape index (κ3) is 45.7. The van der Waals surface area contributed by atoms with E-state index in [1.807, 2.05) is 37.5 Å². The molecule has 0 spiro atoms. The van der Waals surface area contributed by atoms with Gasteiger partial charge in [-0.25, -0.2) is 0 Å². The van der Waals surface area contributed by atoms with Crippen LogP contribution in [0.25, 0.3) is 0 Å². The van der Waals surface area contributed by atoms with E-state index in [2.05, 4.69) is 41.5 Å². The summed E-state index contributed by atoms with van der Waals surface area (Å²) in [6.07, 6.45) is 47.4. The Balaban J connectivity index is 0.000000654. The van der Waals surface area contributed by atoms with Crippen molar-refractivity contribution < 1.29 is 71.6 Å². The molecule has 5 aliphatic heterocycles. The fraction of sp³-hybridized carbons (Fsp3) is 0.880. The van der Waals surface area contributed by atoms with E-state index < -0.39 is 0 Å². The number of nitrogens with zero attached hydrogens (tertiary/aromatic N) is 5.